The number of hydrogen-bond acceptors (Lipinski definition) is 5. The van der Waals surface area contributed by atoms with Gasteiger partial charge in [-0.3, -0.25) is 4.79 Å². The lowest BCUT2D eigenvalue weighted by atomic mass is 9.88. The molecule has 0 aromatic rings. The number of ketones is 1. The molecule has 0 saturated carbocycles. The molecule has 4 N–H and O–H groups in total. The largest absolute Gasteiger partial charge is 0.479 e. The van der Waals surface area contributed by atoms with Crippen molar-refractivity contribution in [2.45, 2.75) is 82.8 Å². The topological polar surface area (TPSA) is 132 Å². The minimum atomic E-state index is -3.29. The summed E-state index contributed by atoms with van der Waals surface area (Å²) in [6.45, 7) is 2.15. The lowest BCUT2D eigenvalue weighted by molar-refractivity contribution is -0.186. The van der Waals surface area contributed by atoms with Crippen molar-refractivity contribution in [1.29, 1.82) is 0 Å². The Hall–Kier alpha value is -1.47. The van der Waals surface area contributed by atoms with E-state index in [0.717, 1.165) is 19.3 Å². The summed E-state index contributed by atoms with van der Waals surface area (Å²) in [4.78, 5) is 33.4. The zero-order valence-electron chi connectivity index (χ0n) is 13.7. The van der Waals surface area contributed by atoms with E-state index in [9.17, 15) is 24.6 Å². The van der Waals surface area contributed by atoms with Gasteiger partial charge in [0.05, 0.1) is 0 Å². The van der Waals surface area contributed by atoms with E-state index in [-0.39, 0.29) is 6.42 Å². The van der Waals surface area contributed by atoms with Crippen LogP contribution in [0.1, 0.15) is 71.1 Å². The molecule has 0 saturated heterocycles. The third kappa shape index (κ3) is 7.09. The van der Waals surface area contributed by atoms with E-state index in [0.29, 0.717) is 12.8 Å². The second kappa shape index (κ2) is 11.1. The molecule has 7 heteroatoms. The highest BCUT2D eigenvalue weighted by Crippen LogP contribution is 2.18. The van der Waals surface area contributed by atoms with Crippen molar-refractivity contribution in [2.75, 3.05) is 0 Å². The first-order chi connectivity index (χ1) is 10.8. The molecule has 0 aromatic heterocycles. The third-order valence-electron chi connectivity index (χ3n) is 3.89. The molecule has 0 aliphatic carbocycles. The summed E-state index contributed by atoms with van der Waals surface area (Å²) in [5.74, 6) is -5.17. The molecule has 0 rings (SSSR count). The Balaban J connectivity index is 4.12. The van der Waals surface area contributed by atoms with Crippen LogP contribution in [-0.4, -0.2) is 49.9 Å². The van der Waals surface area contributed by atoms with Crippen LogP contribution in [0, 0.1) is 0 Å². The molecule has 0 bridgehead atoms. The van der Waals surface area contributed by atoms with Crippen molar-refractivity contribution < 1.29 is 34.8 Å². The fraction of sp³-hybridized carbons (Fsp3) is 0.812. The molecule has 0 amide bonds. The van der Waals surface area contributed by atoms with Gasteiger partial charge in [0.2, 0.25) is 0 Å². The summed E-state index contributed by atoms with van der Waals surface area (Å²) >= 11 is 0. The summed E-state index contributed by atoms with van der Waals surface area (Å²) in [5.41, 5.74) is -3.29. The normalized spacial score (nSPS) is 14.9. The van der Waals surface area contributed by atoms with Gasteiger partial charge in [0.1, 0.15) is 0 Å². The van der Waals surface area contributed by atoms with E-state index in [1.165, 1.54) is 25.7 Å². The lowest BCUT2D eigenvalue weighted by Gasteiger charge is -2.24. The van der Waals surface area contributed by atoms with Crippen LogP contribution in [0.15, 0.2) is 0 Å². The third-order valence-corrected chi connectivity index (χ3v) is 3.89. The molecule has 134 valence electrons. The molecule has 0 aromatic carbocycles. The molecule has 0 aliphatic rings. The van der Waals surface area contributed by atoms with Crippen molar-refractivity contribution in [3.63, 3.8) is 0 Å². The van der Waals surface area contributed by atoms with Gasteiger partial charge in [-0.05, 0) is 6.42 Å². The molecular weight excluding hydrogens is 304 g/mol. The van der Waals surface area contributed by atoms with Crippen molar-refractivity contribution >= 4 is 17.7 Å². The monoisotopic (exact) mass is 332 g/mol. The van der Waals surface area contributed by atoms with Crippen molar-refractivity contribution in [1.82, 2.24) is 0 Å². The number of aliphatic hydroxyl groups excluding tert-OH is 1. The van der Waals surface area contributed by atoms with E-state index >= 15 is 0 Å². The zero-order chi connectivity index (χ0) is 17.9. The van der Waals surface area contributed by atoms with Gasteiger partial charge < -0.3 is 20.4 Å². The number of Topliss-reactive ketones (excluding diaryl/α,β-unsaturated/α-hetero) is 1. The van der Waals surface area contributed by atoms with E-state index in [1.54, 1.807) is 0 Å². The molecule has 0 heterocycles. The first kappa shape index (κ1) is 21.5. The predicted octanol–water partition coefficient (Wildman–Crippen LogP) is 1.74. The molecule has 0 fully saturated rings. The molecule has 0 aliphatic heterocycles. The zero-order valence-corrected chi connectivity index (χ0v) is 13.7. The second-order valence-corrected chi connectivity index (χ2v) is 5.81. The first-order valence-corrected chi connectivity index (χ1v) is 8.18. The number of unbranched alkanes of at least 4 members (excludes halogenated alkanes) is 8. The Bertz CT molecular complexity index is 394. The number of carbonyl (C=O) groups is 3. The van der Waals surface area contributed by atoms with Crippen molar-refractivity contribution in [2.24, 2.45) is 0 Å². The Morgan fingerprint density at radius 1 is 0.870 bits per heavy atom. The summed E-state index contributed by atoms with van der Waals surface area (Å²) in [6.07, 6.45) is 5.95. The van der Waals surface area contributed by atoms with Crippen LogP contribution < -0.4 is 0 Å². The highest BCUT2D eigenvalue weighted by Gasteiger charge is 2.53. The van der Waals surface area contributed by atoms with Crippen LogP contribution in [0.25, 0.3) is 0 Å². The maximum atomic E-state index is 11.8. The van der Waals surface area contributed by atoms with Crippen LogP contribution >= 0.6 is 0 Å². The fourth-order valence-corrected chi connectivity index (χ4v) is 2.35. The van der Waals surface area contributed by atoms with Gasteiger partial charge >= 0.3 is 11.9 Å². The summed E-state index contributed by atoms with van der Waals surface area (Å²) < 4.78 is 0. The lowest BCUT2D eigenvalue weighted by Crippen LogP contribution is -2.58. The van der Waals surface area contributed by atoms with Gasteiger partial charge in [0.15, 0.2) is 11.9 Å². The van der Waals surface area contributed by atoms with E-state index < -0.39 is 29.4 Å². The Labute approximate surface area is 136 Å². The van der Waals surface area contributed by atoms with Crippen molar-refractivity contribution in [3.05, 3.63) is 0 Å². The first-order valence-electron chi connectivity index (χ1n) is 8.18. The maximum Gasteiger partial charge on any atom is 0.347 e. The van der Waals surface area contributed by atoms with Crippen LogP contribution in [-0.2, 0) is 14.4 Å². The minimum absolute atomic E-state index is 0.275. The number of aliphatic hydroxyl groups is 2. The molecule has 0 radical (unpaired) electrons. The standard InChI is InChI=1S/C16H28O7/c1-2-3-4-5-6-7-8-9-10-11-12(17)16(23,15(21)22)13(18)14(19)20/h13,18,23H,2-11H2,1H3,(H,19,20)(H,21,22). The number of hydrogen-bond donors (Lipinski definition) is 4. The summed E-state index contributed by atoms with van der Waals surface area (Å²) in [7, 11) is 0. The highest BCUT2D eigenvalue weighted by molar-refractivity contribution is 6.10. The summed E-state index contributed by atoms with van der Waals surface area (Å²) in [6, 6.07) is 0. The minimum Gasteiger partial charge on any atom is -0.479 e. The van der Waals surface area contributed by atoms with Gasteiger partial charge in [-0.2, -0.15) is 0 Å². The van der Waals surface area contributed by atoms with Crippen molar-refractivity contribution in [3.8, 4) is 0 Å². The average molecular weight is 332 g/mol. The number of carboxylic acids is 2. The molecule has 7 nitrogen and oxygen atoms in total. The Kier molecular flexibility index (Phi) is 10.4. The van der Waals surface area contributed by atoms with Gasteiger partial charge in [-0.1, -0.05) is 58.3 Å². The van der Waals surface area contributed by atoms with Crippen LogP contribution in [0.5, 0.6) is 0 Å². The molecule has 2 atom stereocenters. The number of carbonyl (C=O) groups excluding carboxylic acids is 1. The summed E-state index contributed by atoms with van der Waals surface area (Å²) in [5, 5.41) is 36.5. The number of carboxylic acid groups (broad SMARTS) is 2. The fourth-order valence-electron chi connectivity index (χ4n) is 2.35. The van der Waals surface area contributed by atoms with Crippen LogP contribution in [0.3, 0.4) is 0 Å². The SMILES string of the molecule is CCCCCCCCCCCC(=O)C(O)(C(=O)O)C(O)C(=O)O. The predicted molar refractivity (Wildman–Crippen MR) is 83.1 cm³/mol. The van der Waals surface area contributed by atoms with Crippen LogP contribution in [0.4, 0.5) is 0 Å². The molecule has 2 unspecified atom stereocenters. The highest BCUT2D eigenvalue weighted by atomic mass is 16.4. The molecule has 23 heavy (non-hydrogen) atoms. The van der Waals surface area contributed by atoms with Gasteiger partial charge in [0.25, 0.3) is 5.60 Å². The van der Waals surface area contributed by atoms with Gasteiger partial charge in [0, 0.05) is 6.42 Å². The maximum absolute atomic E-state index is 11.8. The smallest absolute Gasteiger partial charge is 0.347 e. The van der Waals surface area contributed by atoms with E-state index in [2.05, 4.69) is 6.92 Å². The van der Waals surface area contributed by atoms with Crippen LogP contribution in [0.2, 0.25) is 0 Å². The second-order valence-electron chi connectivity index (χ2n) is 5.81. The van der Waals surface area contributed by atoms with E-state index in [4.69, 9.17) is 10.2 Å². The average Bonchev–Trinajstić information content (AvgIpc) is 2.51. The Morgan fingerprint density at radius 2 is 1.30 bits per heavy atom. The quantitative estimate of drug-likeness (QED) is 0.281. The van der Waals surface area contributed by atoms with Gasteiger partial charge in [-0.15, -0.1) is 0 Å². The Morgan fingerprint density at radius 3 is 1.70 bits per heavy atom. The number of rotatable bonds is 14. The molecular formula is C16H28O7. The molecule has 0 spiro atoms. The van der Waals surface area contributed by atoms with E-state index in [1.807, 2.05) is 0 Å². The number of aliphatic carboxylic acids is 2. The van der Waals surface area contributed by atoms with Gasteiger partial charge in [-0.25, -0.2) is 9.59 Å².